The van der Waals surface area contributed by atoms with Crippen LogP contribution in [0.1, 0.15) is 25.7 Å². The van der Waals surface area contributed by atoms with Crippen molar-refractivity contribution in [2.75, 3.05) is 26.4 Å². The highest BCUT2D eigenvalue weighted by Gasteiger charge is 1.93. The van der Waals surface area contributed by atoms with Crippen LogP contribution >= 0.6 is 0 Å². The Morgan fingerprint density at radius 2 is 1.15 bits per heavy atom. The van der Waals surface area contributed by atoms with Crippen LogP contribution in [0.15, 0.2) is 25.3 Å². The Balaban J connectivity index is 0. The third-order valence-electron chi connectivity index (χ3n) is 1.93. The number of carbonyl (C=O) groups excluding carboxylic acids is 2. The maximum atomic E-state index is 10.4. The number of carbonyl (C=O) groups is 2. The van der Waals surface area contributed by atoms with Crippen molar-refractivity contribution in [1.82, 2.24) is 0 Å². The predicted molar refractivity (Wildman–Crippen MR) is 75.0 cm³/mol. The van der Waals surface area contributed by atoms with Gasteiger partial charge in [0.15, 0.2) is 0 Å². The number of hydrogen-bond acceptors (Lipinski definition) is 6. The molecule has 0 radical (unpaired) electrons. The molecule has 0 unspecified atom stereocenters. The van der Waals surface area contributed by atoms with E-state index in [-0.39, 0.29) is 13.2 Å². The first-order valence-corrected chi connectivity index (χ1v) is 6.42. The van der Waals surface area contributed by atoms with E-state index in [0.29, 0.717) is 38.9 Å². The van der Waals surface area contributed by atoms with Gasteiger partial charge >= 0.3 is 11.9 Å². The summed E-state index contributed by atoms with van der Waals surface area (Å²) in [4.78, 5) is 20.7. The highest BCUT2D eigenvalue weighted by Crippen LogP contribution is 1.89. The molecule has 6 heteroatoms. The summed E-state index contributed by atoms with van der Waals surface area (Å²) in [5, 5.41) is 16.7. The largest absolute Gasteiger partial charge is 0.463 e. The van der Waals surface area contributed by atoms with Gasteiger partial charge in [0, 0.05) is 25.4 Å². The molecule has 116 valence electrons. The van der Waals surface area contributed by atoms with Gasteiger partial charge in [-0.1, -0.05) is 13.2 Å². The lowest BCUT2D eigenvalue weighted by Gasteiger charge is -1.98. The second kappa shape index (κ2) is 17.3. The van der Waals surface area contributed by atoms with Gasteiger partial charge in [-0.3, -0.25) is 0 Å². The third kappa shape index (κ3) is 18.7. The molecule has 0 amide bonds. The molecule has 2 N–H and O–H groups in total. The average Bonchev–Trinajstić information content (AvgIpc) is 2.48. The quantitative estimate of drug-likeness (QED) is 0.353. The number of aliphatic hydroxyl groups excluding tert-OH is 2. The highest BCUT2D eigenvalue weighted by atomic mass is 16.5. The van der Waals surface area contributed by atoms with Gasteiger partial charge in [-0.25, -0.2) is 9.59 Å². The Labute approximate surface area is 119 Å². The number of unbranched alkanes of at least 4 members (excludes halogenated alkanes) is 2. The first-order valence-electron chi connectivity index (χ1n) is 6.42. The Hall–Kier alpha value is -1.66. The minimum atomic E-state index is -0.405. The van der Waals surface area contributed by atoms with Gasteiger partial charge in [0.2, 0.25) is 0 Å². The summed E-state index contributed by atoms with van der Waals surface area (Å²) in [6.45, 7) is 7.49. The lowest BCUT2D eigenvalue weighted by Crippen LogP contribution is -2.02. The van der Waals surface area contributed by atoms with E-state index in [2.05, 4.69) is 22.6 Å². The van der Waals surface area contributed by atoms with E-state index >= 15 is 0 Å². The molecule has 6 nitrogen and oxygen atoms in total. The molecular weight excluding hydrogens is 264 g/mol. The molecule has 0 aliphatic heterocycles. The van der Waals surface area contributed by atoms with Crippen LogP contribution in [0.4, 0.5) is 0 Å². The zero-order valence-electron chi connectivity index (χ0n) is 11.8. The van der Waals surface area contributed by atoms with Crippen LogP contribution in [-0.4, -0.2) is 48.6 Å². The Morgan fingerprint density at radius 1 is 0.800 bits per heavy atom. The molecule has 0 aromatic carbocycles. The molecule has 0 aromatic rings. The van der Waals surface area contributed by atoms with Crippen molar-refractivity contribution in [3.05, 3.63) is 25.3 Å². The molecule has 0 spiro atoms. The summed E-state index contributed by atoms with van der Waals surface area (Å²) < 4.78 is 9.25. The summed E-state index contributed by atoms with van der Waals surface area (Å²) in [6, 6.07) is 0. The zero-order chi connectivity index (χ0) is 15.6. The summed E-state index contributed by atoms with van der Waals surface area (Å²) in [6.07, 6.45) is 5.00. The number of esters is 2. The van der Waals surface area contributed by atoms with E-state index < -0.39 is 11.9 Å². The van der Waals surface area contributed by atoms with Crippen molar-refractivity contribution in [3.63, 3.8) is 0 Å². The van der Waals surface area contributed by atoms with Gasteiger partial charge in [0.25, 0.3) is 0 Å². The van der Waals surface area contributed by atoms with Gasteiger partial charge in [0.1, 0.15) is 0 Å². The van der Waals surface area contributed by atoms with Crippen LogP contribution in [0.5, 0.6) is 0 Å². The fourth-order valence-corrected chi connectivity index (χ4v) is 0.891. The lowest BCUT2D eigenvalue weighted by molar-refractivity contribution is -0.138. The van der Waals surface area contributed by atoms with Crippen LogP contribution in [0.3, 0.4) is 0 Å². The summed E-state index contributed by atoms with van der Waals surface area (Å²) in [5.74, 6) is -0.809. The van der Waals surface area contributed by atoms with Crippen LogP contribution in [0, 0.1) is 0 Å². The highest BCUT2D eigenvalue weighted by molar-refractivity contribution is 5.81. The Kier molecular flexibility index (Phi) is 17.9. The first-order chi connectivity index (χ1) is 9.62. The smallest absolute Gasteiger partial charge is 0.330 e. The average molecular weight is 288 g/mol. The predicted octanol–water partition coefficient (Wildman–Crippen LogP) is 0.976. The van der Waals surface area contributed by atoms with E-state index in [1.54, 1.807) is 0 Å². The molecule has 0 rings (SSSR count). The van der Waals surface area contributed by atoms with Gasteiger partial charge < -0.3 is 19.7 Å². The number of aliphatic hydroxyl groups is 2. The molecule has 0 bridgehead atoms. The lowest BCUT2D eigenvalue weighted by atomic mass is 10.3. The molecule has 0 saturated heterocycles. The fraction of sp³-hybridized carbons (Fsp3) is 0.571. The van der Waals surface area contributed by atoms with Gasteiger partial charge in [0.05, 0.1) is 13.2 Å². The van der Waals surface area contributed by atoms with Crippen molar-refractivity contribution >= 4 is 11.9 Å². The Bertz CT molecular complexity index is 247. The maximum absolute atomic E-state index is 10.4. The van der Waals surface area contributed by atoms with Gasteiger partial charge in [-0.15, -0.1) is 0 Å². The Morgan fingerprint density at radius 3 is 1.40 bits per heavy atom. The zero-order valence-corrected chi connectivity index (χ0v) is 11.8. The minimum absolute atomic E-state index is 0.144. The van der Waals surface area contributed by atoms with Gasteiger partial charge in [-0.05, 0) is 25.7 Å². The number of hydrogen-bond donors (Lipinski definition) is 2. The van der Waals surface area contributed by atoms with E-state index in [9.17, 15) is 9.59 Å². The van der Waals surface area contributed by atoms with Crippen molar-refractivity contribution in [3.8, 4) is 0 Å². The van der Waals surface area contributed by atoms with Gasteiger partial charge in [-0.2, -0.15) is 0 Å². The molecule has 0 atom stereocenters. The minimum Gasteiger partial charge on any atom is -0.463 e. The van der Waals surface area contributed by atoms with Crippen molar-refractivity contribution in [2.24, 2.45) is 0 Å². The molecule has 0 aliphatic rings. The monoisotopic (exact) mass is 288 g/mol. The van der Waals surface area contributed by atoms with E-state index in [0.717, 1.165) is 12.2 Å². The molecule has 0 fully saturated rings. The van der Waals surface area contributed by atoms with E-state index in [1.807, 2.05) is 0 Å². The summed E-state index contributed by atoms with van der Waals surface area (Å²) in [5.41, 5.74) is 0. The fourth-order valence-electron chi connectivity index (χ4n) is 0.891. The standard InChI is InChI=1S/2C7H12O3/c2*1-2-7(9)10-6-4-3-5-8/h2*2,8H,1,3-6H2. The molecule has 20 heavy (non-hydrogen) atoms. The molecular formula is C14H24O6. The van der Waals surface area contributed by atoms with Crippen molar-refractivity contribution in [1.29, 1.82) is 0 Å². The first kappa shape index (κ1) is 20.7. The van der Waals surface area contributed by atoms with Crippen molar-refractivity contribution < 1.29 is 29.3 Å². The van der Waals surface area contributed by atoms with Crippen LogP contribution in [0.2, 0.25) is 0 Å². The van der Waals surface area contributed by atoms with E-state index in [4.69, 9.17) is 10.2 Å². The molecule has 0 heterocycles. The number of rotatable bonds is 10. The van der Waals surface area contributed by atoms with Crippen LogP contribution in [0.25, 0.3) is 0 Å². The van der Waals surface area contributed by atoms with Crippen LogP contribution < -0.4 is 0 Å². The summed E-state index contributed by atoms with van der Waals surface area (Å²) in [7, 11) is 0. The maximum Gasteiger partial charge on any atom is 0.330 e. The van der Waals surface area contributed by atoms with E-state index in [1.165, 1.54) is 0 Å². The summed E-state index contributed by atoms with van der Waals surface area (Å²) >= 11 is 0. The third-order valence-corrected chi connectivity index (χ3v) is 1.93. The van der Waals surface area contributed by atoms with Crippen LogP contribution in [-0.2, 0) is 19.1 Å². The molecule has 0 aromatic heterocycles. The second-order valence-electron chi connectivity index (χ2n) is 3.60. The normalized spacial score (nSPS) is 8.90. The molecule has 0 aliphatic carbocycles. The van der Waals surface area contributed by atoms with Crippen molar-refractivity contribution in [2.45, 2.75) is 25.7 Å². The second-order valence-corrected chi connectivity index (χ2v) is 3.60. The number of ether oxygens (including phenoxy) is 2. The molecule has 0 saturated carbocycles. The topological polar surface area (TPSA) is 93.1 Å². The SMILES string of the molecule is C=CC(=O)OCCCCO.C=CC(=O)OCCCCO.